The van der Waals surface area contributed by atoms with E-state index in [2.05, 4.69) is 74.5 Å². The van der Waals surface area contributed by atoms with Gasteiger partial charge in [0.15, 0.2) is 0 Å². The zero-order valence-electron chi connectivity index (χ0n) is 16.7. The summed E-state index contributed by atoms with van der Waals surface area (Å²) in [6, 6.07) is 2.35. The van der Waals surface area contributed by atoms with Gasteiger partial charge in [-0.1, -0.05) is 73.6 Å². The molecular formula is C21H32Cl2Zr. The first-order chi connectivity index (χ1) is 9.65. The molecule has 0 saturated carbocycles. The summed E-state index contributed by atoms with van der Waals surface area (Å²) in [5.74, 6) is 0. The second kappa shape index (κ2) is 11.8. The Morgan fingerprint density at radius 2 is 1.50 bits per heavy atom. The van der Waals surface area contributed by atoms with Gasteiger partial charge in [-0.15, -0.1) is 6.92 Å². The number of aryl methyl sites for hydroxylation is 2. The minimum atomic E-state index is 0. The van der Waals surface area contributed by atoms with E-state index in [1.807, 2.05) is 0 Å². The standard InChI is InChI=1S/C11H17.C10H15.2ClH.Zr/c1-5-10-7-11(6-2)9(4)8(10)3;1-7-6-10(4,5)9(3)8(7)2;;;/h7H,5-6H2,1-4H3;1-5H3;2*1H;/q2*-1;;;+4/p-2. The van der Waals surface area contributed by atoms with Crippen LogP contribution in [0.1, 0.15) is 70.7 Å². The van der Waals surface area contributed by atoms with Crippen LogP contribution >= 0.6 is 0 Å². The summed E-state index contributed by atoms with van der Waals surface area (Å²) < 4.78 is 0. The molecule has 0 spiro atoms. The fraction of sp³-hybridized carbons (Fsp3) is 0.571. The molecule has 0 radical (unpaired) electrons. The molecule has 134 valence electrons. The summed E-state index contributed by atoms with van der Waals surface area (Å²) in [6.45, 7) is 19.8. The fourth-order valence-electron chi connectivity index (χ4n) is 3.05. The third-order valence-electron chi connectivity index (χ3n) is 5.20. The van der Waals surface area contributed by atoms with Crippen molar-refractivity contribution in [2.45, 2.75) is 75.2 Å². The van der Waals surface area contributed by atoms with E-state index in [0.29, 0.717) is 0 Å². The molecule has 1 aliphatic carbocycles. The van der Waals surface area contributed by atoms with E-state index in [-0.39, 0.29) is 56.4 Å². The topological polar surface area (TPSA) is 0 Å². The normalized spacial score (nSPS) is 14.6. The minimum absolute atomic E-state index is 0. The zero-order chi connectivity index (χ0) is 16.4. The van der Waals surface area contributed by atoms with Crippen LogP contribution in [-0.2, 0) is 39.0 Å². The predicted octanol–water partition coefficient (Wildman–Crippen LogP) is 0.265. The largest absolute Gasteiger partial charge is 4.00 e. The molecule has 0 unspecified atom stereocenters. The monoisotopic (exact) mass is 444 g/mol. The maximum Gasteiger partial charge on any atom is 4.00 e. The van der Waals surface area contributed by atoms with E-state index in [0.717, 1.165) is 0 Å². The van der Waals surface area contributed by atoms with E-state index < -0.39 is 0 Å². The first kappa shape index (κ1) is 29.1. The molecular weight excluding hydrogens is 414 g/mol. The molecule has 0 aliphatic heterocycles. The third-order valence-corrected chi connectivity index (χ3v) is 5.20. The molecule has 0 N–H and O–H groups in total. The first-order valence-electron chi connectivity index (χ1n) is 8.20. The summed E-state index contributed by atoms with van der Waals surface area (Å²) in [5.41, 5.74) is 10.5. The van der Waals surface area contributed by atoms with Crippen molar-refractivity contribution in [3.8, 4) is 0 Å². The Kier molecular flexibility index (Phi) is 14.3. The van der Waals surface area contributed by atoms with Crippen LogP contribution in [0.2, 0.25) is 0 Å². The molecule has 24 heavy (non-hydrogen) atoms. The first-order valence-corrected chi connectivity index (χ1v) is 8.20. The van der Waals surface area contributed by atoms with Gasteiger partial charge >= 0.3 is 26.2 Å². The quantitative estimate of drug-likeness (QED) is 0.572. The van der Waals surface area contributed by atoms with Crippen molar-refractivity contribution < 1.29 is 51.0 Å². The van der Waals surface area contributed by atoms with Gasteiger partial charge in [0.05, 0.1) is 0 Å². The van der Waals surface area contributed by atoms with E-state index in [1.165, 1.54) is 51.8 Å². The van der Waals surface area contributed by atoms with E-state index in [1.54, 1.807) is 0 Å². The Balaban J connectivity index is -0.000000328. The Hall–Kier alpha value is 0.293. The fourth-order valence-corrected chi connectivity index (χ4v) is 3.05. The molecule has 2 rings (SSSR count). The van der Waals surface area contributed by atoms with Crippen LogP contribution in [0.15, 0.2) is 22.8 Å². The maximum atomic E-state index is 3.44. The van der Waals surface area contributed by atoms with Crippen molar-refractivity contribution >= 4 is 0 Å². The Morgan fingerprint density at radius 3 is 1.67 bits per heavy atom. The van der Waals surface area contributed by atoms with Crippen molar-refractivity contribution in [1.82, 2.24) is 0 Å². The second-order valence-corrected chi connectivity index (χ2v) is 6.78. The smallest absolute Gasteiger partial charge is 1.00 e. The predicted molar refractivity (Wildman–Crippen MR) is 94.9 cm³/mol. The molecule has 0 bridgehead atoms. The summed E-state index contributed by atoms with van der Waals surface area (Å²) in [5, 5.41) is 0. The number of allylic oxidation sites excluding steroid dienone is 4. The molecule has 1 aromatic rings. The van der Waals surface area contributed by atoms with Gasteiger partial charge in [0.2, 0.25) is 0 Å². The molecule has 0 saturated heterocycles. The van der Waals surface area contributed by atoms with E-state index >= 15 is 0 Å². The van der Waals surface area contributed by atoms with Crippen molar-refractivity contribution in [2.75, 3.05) is 0 Å². The Labute approximate surface area is 181 Å². The summed E-state index contributed by atoms with van der Waals surface area (Å²) >= 11 is 0. The number of hydrogen-bond donors (Lipinski definition) is 0. The SMILES string of the molecule is CC1=[C-]C(C)(C)C(C)=C1C.CCc1cc(CC)[c-](C)c1C.[Cl-].[Cl-].[Zr+4]. The molecule has 0 heterocycles. The summed E-state index contributed by atoms with van der Waals surface area (Å²) in [4.78, 5) is 0. The van der Waals surface area contributed by atoms with Crippen molar-refractivity contribution in [2.24, 2.45) is 5.41 Å². The van der Waals surface area contributed by atoms with Gasteiger partial charge in [0, 0.05) is 0 Å². The van der Waals surface area contributed by atoms with Crippen LogP contribution in [0, 0.1) is 25.3 Å². The number of halogens is 2. The van der Waals surface area contributed by atoms with Gasteiger partial charge in [-0.05, 0) is 0 Å². The molecule has 0 nitrogen and oxygen atoms in total. The summed E-state index contributed by atoms with van der Waals surface area (Å²) in [7, 11) is 0. The molecule has 0 amide bonds. The maximum absolute atomic E-state index is 3.44. The molecule has 1 aliphatic rings. The average molecular weight is 447 g/mol. The van der Waals surface area contributed by atoms with Crippen LogP contribution in [0.3, 0.4) is 0 Å². The van der Waals surface area contributed by atoms with Gasteiger partial charge in [-0.25, -0.2) is 11.6 Å². The Bertz CT molecular complexity index is 550. The van der Waals surface area contributed by atoms with Gasteiger partial charge in [-0.3, -0.25) is 6.08 Å². The van der Waals surface area contributed by atoms with Crippen LogP contribution in [0.4, 0.5) is 0 Å². The molecule has 3 heteroatoms. The average Bonchev–Trinajstić information content (AvgIpc) is 2.81. The van der Waals surface area contributed by atoms with Crippen molar-refractivity contribution in [3.63, 3.8) is 0 Å². The Morgan fingerprint density at radius 1 is 1.00 bits per heavy atom. The van der Waals surface area contributed by atoms with Gasteiger partial charge in [0.25, 0.3) is 0 Å². The minimum Gasteiger partial charge on any atom is -1.00 e. The van der Waals surface area contributed by atoms with E-state index in [9.17, 15) is 0 Å². The number of rotatable bonds is 2. The van der Waals surface area contributed by atoms with Crippen LogP contribution in [0.25, 0.3) is 0 Å². The van der Waals surface area contributed by atoms with Gasteiger partial charge in [0.1, 0.15) is 0 Å². The zero-order valence-corrected chi connectivity index (χ0v) is 20.7. The van der Waals surface area contributed by atoms with E-state index in [4.69, 9.17) is 0 Å². The molecule has 0 aromatic heterocycles. The summed E-state index contributed by atoms with van der Waals surface area (Å²) in [6.07, 6.45) is 5.78. The van der Waals surface area contributed by atoms with Crippen molar-refractivity contribution in [3.05, 3.63) is 51.1 Å². The van der Waals surface area contributed by atoms with Crippen LogP contribution in [0.5, 0.6) is 0 Å². The molecule has 0 fully saturated rings. The van der Waals surface area contributed by atoms with Gasteiger partial charge in [-0.2, -0.15) is 33.4 Å². The molecule has 0 atom stereocenters. The van der Waals surface area contributed by atoms with Crippen LogP contribution < -0.4 is 24.8 Å². The second-order valence-electron chi connectivity index (χ2n) is 6.78. The van der Waals surface area contributed by atoms with Crippen molar-refractivity contribution in [1.29, 1.82) is 0 Å². The number of hydrogen-bond acceptors (Lipinski definition) is 0. The third kappa shape index (κ3) is 6.55. The van der Waals surface area contributed by atoms with Gasteiger partial charge < -0.3 is 24.8 Å². The van der Waals surface area contributed by atoms with Crippen LogP contribution in [-0.4, -0.2) is 0 Å². The molecule has 1 aromatic carbocycles.